The van der Waals surface area contributed by atoms with Crippen LogP contribution in [-0.2, 0) is 0 Å². The summed E-state index contributed by atoms with van der Waals surface area (Å²) in [6.45, 7) is 1.12. The van der Waals surface area contributed by atoms with Crippen LogP contribution >= 0.6 is 11.5 Å². The number of rotatable bonds is 5. The molecule has 0 unspecified atom stereocenters. The van der Waals surface area contributed by atoms with Crippen LogP contribution in [0.5, 0.6) is 0 Å². The van der Waals surface area contributed by atoms with E-state index in [1.807, 2.05) is 0 Å². The lowest BCUT2D eigenvalue weighted by molar-refractivity contribution is 0.220. The van der Waals surface area contributed by atoms with Gasteiger partial charge in [0.1, 0.15) is 5.82 Å². The summed E-state index contributed by atoms with van der Waals surface area (Å²) in [5.74, 6) is 1.64. The summed E-state index contributed by atoms with van der Waals surface area (Å²) in [5, 5.41) is 13.4. The highest BCUT2D eigenvalue weighted by Crippen LogP contribution is 2.45. The molecule has 0 radical (unpaired) electrons. The van der Waals surface area contributed by atoms with Crippen molar-refractivity contribution in [3.63, 3.8) is 0 Å². The van der Waals surface area contributed by atoms with Crippen molar-refractivity contribution in [3.8, 4) is 0 Å². The minimum atomic E-state index is 0.144. The van der Waals surface area contributed by atoms with E-state index in [9.17, 15) is 0 Å². The molecule has 0 amide bonds. The van der Waals surface area contributed by atoms with Gasteiger partial charge in [-0.3, -0.25) is 0 Å². The van der Waals surface area contributed by atoms with Gasteiger partial charge < -0.3 is 10.4 Å². The van der Waals surface area contributed by atoms with E-state index in [0.717, 1.165) is 30.3 Å². The molecule has 1 aromatic rings. The molecule has 1 aromatic heterocycles. The number of aliphatic hydroxyl groups is 1. The summed E-state index contributed by atoms with van der Waals surface area (Å²) in [5.41, 5.74) is 0.144. The molecule has 15 heavy (non-hydrogen) atoms. The summed E-state index contributed by atoms with van der Waals surface area (Å²) in [7, 11) is 0. The van der Waals surface area contributed by atoms with Crippen LogP contribution in [0.25, 0.3) is 0 Å². The van der Waals surface area contributed by atoms with Gasteiger partial charge in [-0.25, -0.2) is 4.98 Å². The van der Waals surface area contributed by atoms with Gasteiger partial charge in [-0.15, -0.1) is 0 Å². The molecule has 2 fully saturated rings. The van der Waals surface area contributed by atoms with E-state index >= 15 is 0 Å². The molecule has 0 aromatic carbocycles. The normalized spacial score (nSPS) is 22.7. The van der Waals surface area contributed by atoms with Gasteiger partial charge in [-0.05, 0) is 25.7 Å². The molecule has 2 aliphatic rings. The van der Waals surface area contributed by atoms with Gasteiger partial charge in [0.15, 0.2) is 0 Å². The molecule has 0 aliphatic heterocycles. The molecule has 2 N–H and O–H groups in total. The summed E-state index contributed by atoms with van der Waals surface area (Å²) >= 11 is 1.44. The van der Waals surface area contributed by atoms with Gasteiger partial charge in [-0.2, -0.15) is 4.37 Å². The van der Waals surface area contributed by atoms with Crippen molar-refractivity contribution in [1.82, 2.24) is 9.36 Å². The monoisotopic (exact) mass is 225 g/mol. The minimum absolute atomic E-state index is 0.144. The SMILES string of the molecule is OCC1(CNc2nc(C3CC3)ns2)CC1. The van der Waals surface area contributed by atoms with Crippen LogP contribution in [0.2, 0.25) is 0 Å². The summed E-state index contributed by atoms with van der Waals surface area (Å²) in [4.78, 5) is 4.45. The number of nitrogens with zero attached hydrogens (tertiary/aromatic N) is 2. The number of nitrogens with one attached hydrogen (secondary N) is 1. The van der Waals surface area contributed by atoms with Crippen molar-refractivity contribution in [2.75, 3.05) is 18.5 Å². The molecule has 2 saturated carbocycles. The highest BCUT2D eigenvalue weighted by atomic mass is 32.1. The van der Waals surface area contributed by atoms with Crippen LogP contribution < -0.4 is 5.32 Å². The van der Waals surface area contributed by atoms with Crippen molar-refractivity contribution in [1.29, 1.82) is 0 Å². The van der Waals surface area contributed by atoms with E-state index in [2.05, 4.69) is 14.7 Å². The molecule has 0 spiro atoms. The van der Waals surface area contributed by atoms with Crippen LogP contribution in [0.3, 0.4) is 0 Å². The van der Waals surface area contributed by atoms with Crippen LogP contribution in [-0.4, -0.2) is 27.6 Å². The Balaban J connectivity index is 1.57. The standard InChI is InChI=1S/C10H15N3OS/c14-6-10(3-4-10)5-11-9-12-8(13-15-9)7-1-2-7/h7,14H,1-6H2,(H,11,12,13). The molecule has 3 rings (SSSR count). The van der Waals surface area contributed by atoms with Crippen molar-refractivity contribution in [2.45, 2.75) is 31.6 Å². The average Bonchev–Trinajstić information content (AvgIpc) is 3.17. The first-order valence-electron chi connectivity index (χ1n) is 5.50. The van der Waals surface area contributed by atoms with Crippen molar-refractivity contribution < 1.29 is 5.11 Å². The Morgan fingerprint density at radius 3 is 2.87 bits per heavy atom. The largest absolute Gasteiger partial charge is 0.396 e. The van der Waals surface area contributed by atoms with Gasteiger partial charge in [-0.1, -0.05) is 0 Å². The maximum Gasteiger partial charge on any atom is 0.202 e. The highest BCUT2D eigenvalue weighted by molar-refractivity contribution is 7.09. The predicted octanol–water partition coefficient (Wildman–Crippen LogP) is 1.60. The van der Waals surface area contributed by atoms with Gasteiger partial charge in [0.05, 0.1) is 6.61 Å². The van der Waals surface area contributed by atoms with E-state index < -0.39 is 0 Å². The van der Waals surface area contributed by atoms with Gasteiger partial charge in [0.2, 0.25) is 5.13 Å². The topological polar surface area (TPSA) is 58.0 Å². The summed E-state index contributed by atoms with van der Waals surface area (Å²) in [6.07, 6.45) is 4.75. The fraction of sp³-hybridized carbons (Fsp3) is 0.800. The van der Waals surface area contributed by atoms with E-state index in [0.29, 0.717) is 5.92 Å². The Bertz CT molecular complexity index is 357. The summed E-state index contributed by atoms with van der Waals surface area (Å²) in [6, 6.07) is 0. The molecule has 4 nitrogen and oxygen atoms in total. The molecule has 5 heteroatoms. The fourth-order valence-electron chi connectivity index (χ4n) is 1.64. The fourth-order valence-corrected chi connectivity index (χ4v) is 2.29. The number of hydrogen-bond donors (Lipinski definition) is 2. The zero-order valence-corrected chi connectivity index (χ0v) is 9.39. The molecule has 0 bridgehead atoms. The highest BCUT2D eigenvalue weighted by Gasteiger charge is 2.41. The van der Waals surface area contributed by atoms with E-state index in [1.54, 1.807) is 0 Å². The predicted molar refractivity (Wildman–Crippen MR) is 59.1 cm³/mol. The number of hydrogen-bond acceptors (Lipinski definition) is 5. The Hall–Kier alpha value is -0.680. The van der Waals surface area contributed by atoms with Crippen molar-refractivity contribution >= 4 is 16.7 Å². The number of anilines is 1. The molecule has 0 atom stereocenters. The Morgan fingerprint density at radius 2 is 2.27 bits per heavy atom. The first-order valence-corrected chi connectivity index (χ1v) is 6.27. The van der Waals surface area contributed by atoms with Gasteiger partial charge >= 0.3 is 0 Å². The second-order valence-corrected chi connectivity index (χ2v) is 5.50. The second-order valence-electron chi connectivity index (χ2n) is 4.74. The molecule has 0 saturated heterocycles. The zero-order chi connectivity index (χ0) is 10.3. The Labute approximate surface area is 92.9 Å². The van der Waals surface area contributed by atoms with Crippen LogP contribution in [0.4, 0.5) is 5.13 Å². The maximum absolute atomic E-state index is 9.17. The molecular weight excluding hydrogens is 210 g/mol. The smallest absolute Gasteiger partial charge is 0.202 e. The third-order valence-electron chi connectivity index (χ3n) is 3.29. The maximum atomic E-state index is 9.17. The number of aromatic nitrogens is 2. The lowest BCUT2D eigenvalue weighted by Gasteiger charge is -2.10. The summed E-state index contributed by atoms with van der Waals surface area (Å²) < 4.78 is 4.33. The molecular formula is C10H15N3OS. The zero-order valence-electron chi connectivity index (χ0n) is 8.57. The quantitative estimate of drug-likeness (QED) is 0.799. The van der Waals surface area contributed by atoms with Crippen LogP contribution in [0.1, 0.15) is 37.4 Å². The third kappa shape index (κ3) is 1.99. The van der Waals surface area contributed by atoms with Crippen molar-refractivity contribution in [3.05, 3.63) is 5.82 Å². The Kier molecular flexibility index (Phi) is 2.17. The molecule has 1 heterocycles. The minimum Gasteiger partial charge on any atom is -0.396 e. The van der Waals surface area contributed by atoms with E-state index in [-0.39, 0.29) is 12.0 Å². The van der Waals surface area contributed by atoms with E-state index in [1.165, 1.54) is 24.4 Å². The van der Waals surface area contributed by atoms with Crippen LogP contribution in [0.15, 0.2) is 0 Å². The third-order valence-corrected chi connectivity index (χ3v) is 3.98. The first kappa shape index (κ1) is 9.54. The molecule has 2 aliphatic carbocycles. The Morgan fingerprint density at radius 1 is 1.47 bits per heavy atom. The second kappa shape index (κ2) is 3.42. The number of aliphatic hydroxyl groups excluding tert-OH is 1. The van der Waals surface area contributed by atoms with Crippen molar-refractivity contribution in [2.24, 2.45) is 5.41 Å². The lowest BCUT2D eigenvalue weighted by atomic mass is 10.1. The van der Waals surface area contributed by atoms with Crippen LogP contribution in [0, 0.1) is 5.41 Å². The van der Waals surface area contributed by atoms with Gasteiger partial charge in [0, 0.05) is 29.4 Å². The molecule has 82 valence electrons. The average molecular weight is 225 g/mol. The lowest BCUT2D eigenvalue weighted by Crippen LogP contribution is -2.18. The van der Waals surface area contributed by atoms with E-state index in [4.69, 9.17) is 5.11 Å². The van der Waals surface area contributed by atoms with Gasteiger partial charge in [0.25, 0.3) is 0 Å². The first-order chi connectivity index (χ1) is 7.31.